The topological polar surface area (TPSA) is 30.9 Å². The largest absolute Gasteiger partial charge is 0.410 e. The molecular formula is C12H13F3N2. The van der Waals surface area contributed by atoms with Crippen molar-refractivity contribution in [2.45, 2.75) is 19.1 Å². The van der Waals surface area contributed by atoms with Gasteiger partial charge in [-0.25, -0.2) is 0 Å². The Balaban J connectivity index is 2.62. The van der Waals surface area contributed by atoms with E-state index in [9.17, 15) is 13.2 Å². The number of benzene rings is 1. The molecule has 1 aromatic heterocycles. The van der Waals surface area contributed by atoms with E-state index >= 15 is 0 Å². The predicted octanol–water partition coefficient (Wildman–Crippen LogP) is 3.01. The maximum atomic E-state index is 12.8. The first-order valence-electron chi connectivity index (χ1n) is 5.28. The summed E-state index contributed by atoms with van der Waals surface area (Å²) in [5.74, 6) is 0. The number of rotatable bonds is 2. The third-order valence-electron chi connectivity index (χ3n) is 2.88. The van der Waals surface area contributed by atoms with Gasteiger partial charge in [0.05, 0.1) is 0 Å². The van der Waals surface area contributed by atoms with Crippen molar-refractivity contribution < 1.29 is 13.2 Å². The van der Waals surface area contributed by atoms with Crippen LogP contribution in [0.1, 0.15) is 11.6 Å². The van der Waals surface area contributed by atoms with Gasteiger partial charge in [-0.15, -0.1) is 0 Å². The van der Waals surface area contributed by atoms with E-state index in [4.69, 9.17) is 5.73 Å². The number of aromatic nitrogens is 1. The smallest absolute Gasteiger partial charge is 0.334 e. The SMILES string of the molecule is Cc1cn(C(CN)C(F)(F)F)c2ccccc12. The molecule has 2 nitrogen and oxygen atoms in total. The fourth-order valence-electron chi connectivity index (χ4n) is 2.04. The lowest BCUT2D eigenvalue weighted by Gasteiger charge is -2.21. The summed E-state index contributed by atoms with van der Waals surface area (Å²) in [6.45, 7) is 1.34. The Morgan fingerprint density at radius 1 is 1.29 bits per heavy atom. The van der Waals surface area contributed by atoms with E-state index in [-0.39, 0.29) is 0 Å². The van der Waals surface area contributed by atoms with Crippen molar-refractivity contribution >= 4 is 10.9 Å². The molecule has 1 unspecified atom stereocenters. The van der Waals surface area contributed by atoms with Crippen LogP contribution in [0.25, 0.3) is 10.9 Å². The van der Waals surface area contributed by atoms with Crippen LogP contribution in [0.15, 0.2) is 30.5 Å². The Morgan fingerprint density at radius 2 is 1.94 bits per heavy atom. The van der Waals surface area contributed by atoms with Crippen molar-refractivity contribution in [3.05, 3.63) is 36.0 Å². The van der Waals surface area contributed by atoms with Gasteiger partial charge in [-0.05, 0) is 18.6 Å². The highest BCUT2D eigenvalue weighted by Gasteiger charge is 2.40. The maximum absolute atomic E-state index is 12.8. The van der Waals surface area contributed by atoms with Gasteiger partial charge in [0.1, 0.15) is 6.04 Å². The molecule has 1 atom stereocenters. The van der Waals surface area contributed by atoms with Crippen molar-refractivity contribution in [1.82, 2.24) is 4.57 Å². The van der Waals surface area contributed by atoms with Crippen LogP contribution in [0.3, 0.4) is 0 Å². The predicted molar refractivity (Wildman–Crippen MR) is 60.8 cm³/mol. The summed E-state index contributed by atoms with van der Waals surface area (Å²) in [6, 6.07) is 5.36. The van der Waals surface area contributed by atoms with Gasteiger partial charge in [-0.1, -0.05) is 18.2 Å². The summed E-state index contributed by atoms with van der Waals surface area (Å²) in [5, 5.41) is 0.829. The third-order valence-corrected chi connectivity index (χ3v) is 2.88. The van der Waals surface area contributed by atoms with Crippen LogP contribution in [0.2, 0.25) is 0 Å². The molecule has 0 amide bonds. The molecule has 0 aliphatic carbocycles. The van der Waals surface area contributed by atoms with Gasteiger partial charge in [0.2, 0.25) is 0 Å². The van der Waals surface area contributed by atoms with Crippen molar-refractivity contribution in [3.8, 4) is 0 Å². The minimum Gasteiger partial charge on any atom is -0.334 e. The van der Waals surface area contributed by atoms with Gasteiger partial charge in [-0.3, -0.25) is 0 Å². The highest BCUT2D eigenvalue weighted by Crippen LogP contribution is 2.33. The Morgan fingerprint density at radius 3 is 2.53 bits per heavy atom. The van der Waals surface area contributed by atoms with E-state index in [1.807, 2.05) is 12.1 Å². The molecular weight excluding hydrogens is 229 g/mol. The van der Waals surface area contributed by atoms with E-state index in [0.29, 0.717) is 5.52 Å². The zero-order valence-corrected chi connectivity index (χ0v) is 9.33. The summed E-state index contributed by atoms with van der Waals surface area (Å²) >= 11 is 0. The second-order valence-electron chi connectivity index (χ2n) is 4.03. The molecule has 1 aromatic carbocycles. The monoisotopic (exact) mass is 242 g/mol. The van der Waals surface area contributed by atoms with Crippen LogP contribution < -0.4 is 5.73 Å². The van der Waals surface area contributed by atoms with Crippen LogP contribution in [0, 0.1) is 6.92 Å². The molecule has 0 spiro atoms. The molecule has 0 radical (unpaired) electrons. The number of fused-ring (bicyclic) bond motifs is 1. The van der Waals surface area contributed by atoms with Gasteiger partial charge in [0, 0.05) is 23.6 Å². The van der Waals surface area contributed by atoms with E-state index < -0.39 is 18.8 Å². The van der Waals surface area contributed by atoms with E-state index in [2.05, 4.69) is 0 Å². The number of alkyl halides is 3. The second kappa shape index (κ2) is 4.07. The molecule has 92 valence electrons. The van der Waals surface area contributed by atoms with Gasteiger partial charge in [-0.2, -0.15) is 13.2 Å². The number of hydrogen-bond acceptors (Lipinski definition) is 1. The average Bonchev–Trinajstić information content (AvgIpc) is 2.56. The summed E-state index contributed by atoms with van der Waals surface area (Å²) in [6.07, 6.45) is -2.82. The number of aryl methyl sites for hydroxylation is 1. The van der Waals surface area contributed by atoms with Gasteiger partial charge < -0.3 is 10.3 Å². The first-order chi connectivity index (χ1) is 7.95. The summed E-state index contributed by atoms with van der Waals surface area (Å²) in [4.78, 5) is 0. The lowest BCUT2D eigenvalue weighted by atomic mass is 10.2. The standard InChI is InChI=1S/C12H13F3N2/c1-8-7-17(11(6-16)12(13,14)15)10-5-3-2-4-9(8)10/h2-5,7,11H,6,16H2,1H3. The number of para-hydroxylation sites is 1. The van der Waals surface area contributed by atoms with Crippen molar-refractivity contribution in [1.29, 1.82) is 0 Å². The lowest BCUT2D eigenvalue weighted by Crippen LogP contribution is -2.32. The quantitative estimate of drug-likeness (QED) is 0.862. The summed E-state index contributed by atoms with van der Waals surface area (Å²) < 4.78 is 39.7. The fraction of sp³-hybridized carbons (Fsp3) is 0.333. The maximum Gasteiger partial charge on any atom is 0.410 e. The van der Waals surface area contributed by atoms with E-state index in [1.54, 1.807) is 19.1 Å². The number of halogens is 3. The Labute approximate surface area is 96.8 Å². The van der Waals surface area contributed by atoms with E-state index in [0.717, 1.165) is 10.9 Å². The lowest BCUT2D eigenvalue weighted by molar-refractivity contribution is -0.164. The van der Waals surface area contributed by atoms with Crippen LogP contribution in [0.4, 0.5) is 13.2 Å². The minimum absolute atomic E-state index is 0.457. The molecule has 0 bridgehead atoms. The molecule has 0 aliphatic rings. The molecule has 0 saturated carbocycles. The van der Waals surface area contributed by atoms with Crippen LogP contribution in [0.5, 0.6) is 0 Å². The van der Waals surface area contributed by atoms with Crippen LogP contribution in [-0.4, -0.2) is 17.3 Å². The molecule has 2 aromatic rings. The molecule has 2 N–H and O–H groups in total. The van der Waals surface area contributed by atoms with Gasteiger partial charge >= 0.3 is 6.18 Å². The average molecular weight is 242 g/mol. The van der Waals surface area contributed by atoms with Crippen molar-refractivity contribution in [2.75, 3.05) is 6.54 Å². The first kappa shape index (κ1) is 12.0. The molecule has 1 heterocycles. The third kappa shape index (κ3) is 2.02. The van der Waals surface area contributed by atoms with Gasteiger partial charge in [0.25, 0.3) is 0 Å². The Hall–Kier alpha value is -1.49. The minimum atomic E-state index is -4.33. The zero-order valence-electron chi connectivity index (χ0n) is 9.33. The molecule has 5 heteroatoms. The number of hydrogen-bond donors (Lipinski definition) is 1. The molecule has 0 saturated heterocycles. The molecule has 0 aliphatic heterocycles. The number of nitrogens with zero attached hydrogens (tertiary/aromatic N) is 1. The highest BCUT2D eigenvalue weighted by atomic mass is 19.4. The fourth-order valence-corrected chi connectivity index (χ4v) is 2.04. The Bertz CT molecular complexity index is 528. The summed E-state index contributed by atoms with van der Waals surface area (Å²) in [5.41, 5.74) is 6.64. The van der Waals surface area contributed by atoms with Crippen LogP contribution in [-0.2, 0) is 0 Å². The normalized spacial score (nSPS) is 14.2. The van der Waals surface area contributed by atoms with Crippen molar-refractivity contribution in [2.24, 2.45) is 5.73 Å². The first-order valence-corrected chi connectivity index (χ1v) is 5.28. The number of nitrogens with two attached hydrogens (primary N) is 1. The molecule has 2 rings (SSSR count). The van der Waals surface area contributed by atoms with E-state index in [1.165, 1.54) is 10.8 Å². The van der Waals surface area contributed by atoms with Crippen LogP contribution >= 0.6 is 0 Å². The second-order valence-corrected chi connectivity index (χ2v) is 4.03. The highest BCUT2D eigenvalue weighted by molar-refractivity contribution is 5.83. The Kier molecular flexibility index (Phi) is 2.87. The zero-order chi connectivity index (χ0) is 12.6. The molecule has 0 fully saturated rings. The molecule has 17 heavy (non-hydrogen) atoms. The summed E-state index contributed by atoms with van der Waals surface area (Å²) in [7, 11) is 0. The van der Waals surface area contributed by atoms with Gasteiger partial charge in [0.15, 0.2) is 0 Å². The van der Waals surface area contributed by atoms with Crippen molar-refractivity contribution in [3.63, 3.8) is 0 Å².